The first-order valence-corrected chi connectivity index (χ1v) is 11.7. The third-order valence-corrected chi connectivity index (χ3v) is 5.94. The number of rotatable bonds is 8. The Labute approximate surface area is 184 Å². The fourth-order valence-electron chi connectivity index (χ4n) is 4.38. The van der Waals surface area contributed by atoms with Crippen LogP contribution in [-0.2, 0) is 17.3 Å². The van der Waals surface area contributed by atoms with Crippen LogP contribution in [0.5, 0.6) is 11.5 Å². The number of para-hydroxylation sites is 1. The van der Waals surface area contributed by atoms with Gasteiger partial charge in [0.1, 0.15) is 11.5 Å². The van der Waals surface area contributed by atoms with Gasteiger partial charge < -0.3 is 10.2 Å². The third kappa shape index (κ3) is 5.80. The average molecular weight is 411 g/mol. The molecule has 2 aromatic rings. The quantitative estimate of drug-likeness (QED) is 0.430. The van der Waals surface area contributed by atoms with Crippen molar-refractivity contribution < 1.29 is 10.2 Å². The van der Waals surface area contributed by atoms with E-state index in [1.165, 1.54) is 37.7 Å². The molecule has 0 atom stereocenters. The number of benzene rings is 2. The van der Waals surface area contributed by atoms with Crippen LogP contribution in [0.3, 0.4) is 0 Å². The van der Waals surface area contributed by atoms with Gasteiger partial charge in [0.05, 0.1) is 0 Å². The number of phenols is 2. The second-order valence-electron chi connectivity index (χ2n) is 10.7. The summed E-state index contributed by atoms with van der Waals surface area (Å²) in [7, 11) is 0. The summed E-state index contributed by atoms with van der Waals surface area (Å²) in [5, 5.41) is 22.0. The fraction of sp³-hybridized carbons (Fsp3) is 0.571. The minimum absolute atomic E-state index is 0.192. The molecule has 0 aliphatic heterocycles. The lowest BCUT2D eigenvalue weighted by molar-refractivity contribution is 0.420. The molecule has 2 heteroatoms. The van der Waals surface area contributed by atoms with E-state index >= 15 is 0 Å². The molecule has 2 rings (SSSR count). The molecule has 30 heavy (non-hydrogen) atoms. The van der Waals surface area contributed by atoms with Crippen LogP contribution in [0.25, 0.3) is 11.1 Å². The molecule has 0 aliphatic rings. The highest BCUT2D eigenvalue weighted by molar-refractivity contribution is 5.77. The van der Waals surface area contributed by atoms with Crippen LogP contribution in [0.4, 0.5) is 0 Å². The number of hydrogen-bond acceptors (Lipinski definition) is 2. The van der Waals surface area contributed by atoms with Gasteiger partial charge in [0.15, 0.2) is 0 Å². The summed E-state index contributed by atoms with van der Waals surface area (Å²) < 4.78 is 0. The Morgan fingerprint density at radius 3 is 1.90 bits per heavy atom. The molecule has 0 heterocycles. The lowest BCUT2D eigenvalue weighted by atomic mass is 9.74. The van der Waals surface area contributed by atoms with E-state index in [9.17, 15) is 10.2 Å². The predicted octanol–water partition coefficient (Wildman–Crippen LogP) is 8.26. The number of unbranched alkanes of at least 4 members (excludes halogenated alkanes) is 5. The zero-order valence-corrected chi connectivity index (χ0v) is 20.2. The van der Waals surface area contributed by atoms with E-state index in [2.05, 4.69) is 54.5 Å². The Morgan fingerprint density at radius 1 is 0.733 bits per heavy atom. The Morgan fingerprint density at radius 2 is 1.33 bits per heavy atom. The molecule has 2 nitrogen and oxygen atoms in total. The highest BCUT2D eigenvalue weighted by Gasteiger charge is 2.31. The van der Waals surface area contributed by atoms with Gasteiger partial charge in [-0.25, -0.2) is 0 Å². The second-order valence-corrected chi connectivity index (χ2v) is 10.7. The first kappa shape index (κ1) is 24.3. The first-order valence-electron chi connectivity index (χ1n) is 11.7. The molecule has 0 bridgehead atoms. The molecule has 0 radical (unpaired) electrons. The molecular weight excluding hydrogens is 368 g/mol. The highest BCUT2D eigenvalue weighted by Crippen LogP contribution is 2.47. The van der Waals surface area contributed by atoms with Crippen LogP contribution in [-0.4, -0.2) is 10.2 Å². The predicted molar refractivity (Wildman–Crippen MR) is 130 cm³/mol. The van der Waals surface area contributed by atoms with E-state index in [-0.39, 0.29) is 10.8 Å². The number of phenolic OH excluding ortho intramolecular Hbond substituents is 2. The minimum Gasteiger partial charge on any atom is -0.507 e. The minimum atomic E-state index is -0.193. The van der Waals surface area contributed by atoms with Gasteiger partial charge in [0.2, 0.25) is 0 Å². The SMILES string of the molecule is CCCCCCCCc1c(-c2ccccc2O)cc(C(C)(C)C)c(O)c1C(C)(C)C. The van der Waals surface area contributed by atoms with Gasteiger partial charge >= 0.3 is 0 Å². The smallest absolute Gasteiger partial charge is 0.123 e. The summed E-state index contributed by atoms with van der Waals surface area (Å²) in [4.78, 5) is 0. The molecule has 0 saturated heterocycles. The van der Waals surface area contributed by atoms with Crippen molar-refractivity contribution >= 4 is 0 Å². The van der Waals surface area contributed by atoms with E-state index in [1.807, 2.05) is 18.2 Å². The van der Waals surface area contributed by atoms with Crippen molar-refractivity contribution in [3.8, 4) is 22.6 Å². The van der Waals surface area contributed by atoms with Crippen LogP contribution >= 0.6 is 0 Å². The van der Waals surface area contributed by atoms with Crippen molar-refractivity contribution in [1.82, 2.24) is 0 Å². The van der Waals surface area contributed by atoms with Crippen molar-refractivity contribution in [3.63, 3.8) is 0 Å². The third-order valence-electron chi connectivity index (χ3n) is 5.94. The van der Waals surface area contributed by atoms with Gasteiger partial charge in [0, 0.05) is 16.7 Å². The summed E-state index contributed by atoms with van der Waals surface area (Å²) in [6.07, 6.45) is 8.33. The molecule has 2 N–H and O–H groups in total. The van der Waals surface area contributed by atoms with Gasteiger partial charge in [0.25, 0.3) is 0 Å². The van der Waals surface area contributed by atoms with E-state index in [4.69, 9.17) is 0 Å². The summed E-state index contributed by atoms with van der Waals surface area (Å²) in [5.74, 6) is 0.724. The first-order chi connectivity index (χ1) is 14.0. The maximum absolute atomic E-state index is 11.4. The summed E-state index contributed by atoms with van der Waals surface area (Å²) in [6.45, 7) is 15.2. The van der Waals surface area contributed by atoms with Crippen molar-refractivity contribution in [3.05, 3.63) is 47.0 Å². The number of hydrogen-bond donors (Lipinski definition) is 2. The second kappa shape index (κ2) is 9.90. The normalized spacial score (nSPS) is 12.4. The van der Waals surface area contributed by atoms with Crippen LogP contribution in [0.1, 0.15) is 104 Å². The van der Waals surface area contributed by atoms with Gasteiger partial charge in [-0.2, -0.15) is 0 Å². The zero-order valence-electron chi connectivity index (χ0n) is 20.2. The molecule has 0 fully saturated rings. The average Bonchev–Trinajstić information content (AvgIpc) is 2.63. The standard InChI is InChI=1S/C28H42O2/c1-8-9-10-11-12-13-17-21-22(20-16-14-15-18-24(20)29)19-23(27(2,3)4)26(30)25(21)28(5,6)7/h14-16,18-19,29-30H,8-13,17H2,1-7H3. The van der Waals surface area contributed by atoms with E-state index < -0.39 is 0 Å². The van der Waals surface area contributed by atoms with E-state index in [0.717, 1.165) is 35.1 Å². The van der Waals surface area contributed by atoms with Gasteiger partial charge in [-0.3, -0.25) is 0 Å². The molecule has 0 spiro atoms. The van der Waals surface area contributed by atoms with Crippen molar-refractivity contribution in [2.24, 2.45) is 0 Å². The summed E-state index contributed by atoms with van der Waals surface area (Å²) in [5.41, 5.74) is 4.69. The Bertz CT molecular complexity index is 835. The van der Waals surface area contributed by atoms with Gasteiger partial charge in [-0.05, 0) is 46.9 Å². The van der Waals surface area contributed by atoms with Gasteiger partial charge in [-0.1, -0.05) is 98.8 Å². The molecule has 0 unspecified atom stereocenters. The molecule has 2 aromatic carbocycles. The van der Waals surface area contributed by atoms with Crippen LogP contribution in [0.2, 0.25) is 0 Å². The van der Waals surface area contributed by atoms with Gasteiger partial charge in [-0.15, -0.1) is 0 Å². The molecule has 0 aliphatic carbocycles. The summed E-state index contributed by atoms with van der Waals surface area (Å²) >= 11 is 0. The molecule has 0 saturated carbocycles. The molecule has 0 amide bonds. The fourth-order valence-corrected chi connectivity index (χ4v) is 4.38. The zero-order chi connectivity index (χ0) is 22.5. The maximum atomic E-state index is 11.4. The van der Waals surface area contributed by atoms with E-state index in [0.29, 0.717) is 11.5 Å². The topological polar surface area (TPSA) is 40.5 Å². The Kier molecular flexibility index (Phi) is 8.02. The monoisotopic (exact) mass is 410 g/mol. The maximum Gasteiger partial charge on any atom is 0.123 e. The highest BCUT2D eigenvalue weighted by atomic mass is 16.3. The largest absolute Gasteiger partial charge is 0.507 e. The molecule has 0 aromatic heterocycles. The summed E-state index contributed by atoms with van der Waals surface area (Å²) in [6, 6.07) is 9.70. The lowest BCUT2D eigenvalue weighted by Gasteiger charge is -2.32. The van der Waals surface area contributed by atoms with Crippen molar-refractivity contribution in [2.45, 2.75) is 104 Å². The van der Waals surface area contributed by atoms with Crippen LogP contribution < -0.4 is 0 Å². The van der Waals surface area contributed by atoms with Crippen LogP contribution in [0.15, 0.2) is 30.3 Å². The lowest BCUT2D eigenvalue weighted by Crippen LogP contribution is -2.20. The molecule has 166 valence electrons. The Balaban J connectivity index is 2.63. The van der Waals surface area contributed by atoms with Crippen molar-refractivity contribution in [2.75, 3.05) is 0 Å². The van der Waals surface area contributed by atoms with E-state index in [1.54, 1.807) is 6.07 Å². The number of aromatic hydroxyl groups is 2. The Hall–Kier alpha value is -1.96. The van der Waals surface area contributed by atoms with Crippen LogP contribution in [0, 0.1) is 0 Å². The van der Waals surface area contributed by atoms with Crippen molar-refractivity contribution in [1.29, 1.82) is 0 Å². The molecular formula is C28H42O2.